The fraction of sp³-hybridized carbons (Fsp3) is 0.400. The van der Waals surface area contributed by atoms with Crippen LogP contribution in [-0.4, -0.2) is 12.9 Å². The molecule has 3 heteroatoms. The molecule has 0 N–H and O–H groups in total. The Hall–Kier alpha value is -1.22. The summed E-state index contributed by atoms with van der Waals surface area (Å²) >= 11 is 0. The molecule has 0 bridgehead atoms. The maximum atomic E-state index is 11.0. The third kappa shape index (κ3) is 1.60. The second-order valence-electron chi connectivity index (χ2n) is 3.17. The van der Waals surface area contributed by atoms with E-state index in [1.165, 1.54) is 0 Å². The van der Waals surface area contributed by atoms with E-state index < -0.39 is 6.10 Å². The van der Waals surface area contributed by atoms with Gasteiger partial charge in [-0.1, -0.05) is 12.1 Å². The molecule has 2 rings (SSSR count). The van der Waals surface area contributed by atoms with Gasteiger partial charge in [-0.3, -0.25) is 0 Å². The van der Waals surface area contributed by atoms with Crippen molar-refractivity contribution in [2.75, 3.05) is 6.79 Å². The van der Waals surface area contributed by atoms with Gasteiger partial charge in [-0.2, -0.15) is 0 Å². The lowest BCUT2D eigenvalue weighted by molar-refractivity contribution is 0.105. The summed E-state index contributed by atoms with van der Waals surface area (Å²) in [6.45, 7) is 1.91. The number of para-hydroxylation sites is 1. The summed E-state index contributed by atoms with van der Waals surface area (Å²) in [7, 11) is 0. The first-order chi connectivity index (χ1) is 6.27. The zero-order chi connectivity index (χ0) is 9.26. The average Bonchev–Trinajstić information content (AvgIpc) is 2.51. The highest BCUT2D eigenvalue weighted by Crippen LogP contribution is 2.35. The van der Waals surface area contributed by atoms with E-state index in [9.17, 15) is 5.11 Å². The second-order valence-corrected chi connectivity index (χ2v) is 3.17. The summed E-state index contributed by atoms with van der Waals surface area (Å²) in [4.78, 5) is 0. The van der Waals surface area contributed by atoms with E-state index in [0.29, 0.717) is 6.42 Å². The number of ether oxygens (including phenoxy) is 2. The van der Waals surface area contributed by atoms with Crippen molar-refractivity contribution < 1.29 is 14.6 Å². The molecule has 1 aliphatic heterocycles. The monoisotopic (exact) mass is 179 g/mol. The Balaban J connectivity index is 2.30. The summed E-state index contributed by atoms with van der Waals surface area (Å²) < 4.78 is 10.5. The van der Waals surface area contributed by atoms with Gasteiger partial charge in [0.05, 0.1) is 6.10 Å². The molecule has 1 aliphatic rings. The molecular weight excluding hydrogens is 168 g/mol. The molecule has 1 radical (unpaired) electrons. The molecule has 3 nitrogen and oxygen atoms in total. The molecule has 69 valence electrons. The van der Waals surface area contributed by atoms with Gasteiger partial charge in [-0.25, -0.2) is 5.11 Å². The highest BCUT2D eigenvalue weighted by Gasteiger charge is 2.17. The van der Waals surface area contributed by atoms with Crippen LogP contribution in [0.2, 0.25) is 0 Å². The van der Waals surface area contributed by atoms with Crippen molar-refractivity contribution in [3.8, 4) is 11.5 Å². The highest BCUT2D eigenvalue weighted by atomic mass is 16.7. The van der Waals surface area contributed by atoms with E-state index in [2.05, 4.69) is 0 Å². The van der Waals surface area contributed by atoms with Crippen molar-refractivity contribution in [1.82, 2.24) is 0 Å². The van der Waals surface area contributed by atoms with Crippen LogP contribution in [-0.2, 0) is 11.5 Å². The fourth-order valence-corrected chi connectivity index (χ4v) is 1.46. The third-order valence-corrected chi connectivity index (χ3v) is 1.99. The smallest absolute Gasteiger partial charge is 0.231 e. The maximum Gasteiger partial charge on any atom is 0.231 e. The molecule has 1 heterocycles. The van der Waals surface area contributed by atoms with E-state index in [4.69, 9.17) is 9.47 Å². The summed E-state index contributed by atoms with van der Waals surface area (Å²) in [5.74, 6) is 1.49. The van der Waals surface area contributed by atoms with Crippen LogP contribution in [0.1, 0.15) is 12.5 Å². The van der Waals surface area contributed by atoms with Crippen LogP contribution < -0.4 is 9.47 Å². The van der Waals surface area contributed by atoms with E-state index in [0.717, 1.165) is 17.1 Å². The topological polar surface area (TPSA) is 38.4 Å². The van der Waals surface area contributed by atoms with Gasteiger partial charge in [0, 0.05) is 12.0 Å². The molecule has 0 saturated carbocycles. The summed E-state index contributed by atoms with van der Waals surface area (Å²) in [6, 6.07) is 5.63. The Morgan fingerprint density at radius 2 is 2.31 bits per heavy atom. The van der Waals surface area contributed by atoms with Gasteiger partial charge in [0.15, 0.2) is 11.5 Å². The molecule has 0 aliphatic carbocycles. The zero-order valence-corrected chi connectivity index (χ0v) is 7.45. The molecule has 1 aromatic rings. The number of hydrogen-bond acceptors (Lipinski definition) is 2. The standard InChI is InChI=1S/C10H11O3/c1-7(11)5-8-3-2-4-9-10(8)13-6-12-9/h2-4,7H,5-6H2,1H3. The van der Waals surface area contributed by atoms with Gasteiger partial charge >= 0.3 is 0 Å². The van der Waals surface area contributed by atoms with Crippen molar-refractivity contribution >= 4 is 0 Å². The molecule has 0 aromatic heterocycles. The van der Waals surface area contributed by atoms with Crippen LogP contribution in [0.3, 0.4) is 0 Å². The first-order valence-electron chi connectivity index (χ1n) is 4.30. The Bertz CT molecular complexity index is 307. The van der Waals surface area contributed by atoms with Crippen LogP contribution in [0.15, 0.2) is 18.2 Å². The Labute approximate surface area is 76.9 Å². The van der Waals surface area contributed by atoms with E-state index in [1.807, 2.05) is 18.2 Å². The van der Waals surface area contributed by atoms with Crippen molar-refractivity contribution in [2.24, 2.45) is 0 Å². The van der Waals surface area contributed by atoms with Crippen molar-refractivity contribution in [2.45, 2.75) is 19.4 Å². The second kappa shape index (κ2) is 3.26. The third-order valence-electron chi connectivity index (χ3n) is 1.99. The molecular formula is C10H11O3. The first-order valence-corrected chi connectivity index (χ1v) is 4.30. The molecule has 0 amide bonds. The quantitative estimate of drug-likeness (QED) is 0.694. The van der Waals surface area contributed by atoms with Crippen LogP contribution in [0, 0.1) is 0 Å². The van der Waals surface area contributed by atoms with Crippen LogP contribution in [0.25, 0.3) is 0 Å². The molecule has 0 fully saturated rings. The lowest BCUT2D eigenvalue weighted by atomic mass is 10.1. The lowest BCUT2D eigenvalue weighted by Crippen LogP contribution is -2.03. The molecule has 0 saturated heterocycles. The Kier molecular flexibility index (Phi) is 2.10. The van der Waals surface area contributed by atoms with Crippen molar-refractivity contribution in [1.29, 1.82) is 0 Å². The van der Waals surface area contributed by atoms with Crippen molar-refractivity contribution in [3.63, 3.8) is 0 Å². The van der Waals surface area contributed by atoms with E-state index in [1.54, 1.807) is 6.92 Å². The zero-order valence-electron chi connectivity index (χ0n) is 7.45. The van der Waals surface area contributed by atoms with Crippen LogP contribution >= 0.6 is 0 Å². The fourth-order valence-electron chi connectivity index (χ4n) is 1.46. The minimum Gasteiger partial charge on any atom is -0.454 e. The minimum atomic E-state index is -0.601. The van der Waals surface area contributed by atoms with Crippen LogP contribution in [0.5, 0.6) is 11.5 Å². The molecule has 0 spiro atoms. The molecule has 13 heavy (non-hydrogen) atoms. The number of rotatable bonds is 2. The van der Waals surface area contributed by atoms with Crippen molar-refractivity contribution in [3.05, 3.63) is 23.8 Å². The number of hydrogen-bond donors (Lipinski definition) is 0. The highest BCUT2D eigenvalue weighted by molar-refractivity contribution is 5.48. The maximum absolute atomic E-state index is 11.0. The summed E-state index contributed by atoms with van der Waals surface area (Å²) in [5.41, 5.74) is 0.942. The van der Waals surface area contributed by atoms with E-state index in [-0.39, 0.29) is 6.79 Å². The van der Waals surface area contributed by atoms with Gasteiger partial charge < -0.3 is 9.47 Å². The first kappa shape index (κ1) is 8.38. The predicted octanol–water partition coefficient (Wildman–Crippen LogP) is 1.78. The summed E-state index contributed by atoms with van der Waals surface area (Å²) in [5, 5.41) is 11.0. The Morgan fingerprint density at radius 1 is 1.46 bits per heavy atom. The molecule has 1 aromatic carbocycles. The van der Waals surface area contributed by atoms with Gasteiger partial charge in [-0.15, -0.1) is 0 Å². The SMILES string of the molecule is CC([O])Cc1cccc2c1OCO2. The average molecular weight is 179 g/mol. The Morgan fingerprint density at radius 3 is 3.08 bits per heavy atom. The number of benzene rings is 1. The normalized spacial score (nSPS) is 15.8. The van der Waals surface area contributed by atoms with E-state index >= 15 is 0 Å². The minimum absolute atomic E-state index is 0.263. The molecule has 1 atom stereocenters. The van der Waals surface area contributed by atoms with Gasteiger partial charge in [0.25, 0.3) is 0 Å². The molecule has 1 unspecified atom stereocenters. The van der Waals surface area contributed by atoms with Gasteiger partial charge in [0.1, 0.15) is 0 Å². The summed E-state index contributed by atoms with van der Waals surface area (Å²) in [6.07, 6.45) is -0.109. The predicted molar refractivity (Wildman–Crippen MR) is 46.4 cm³/mol. The number of fused-ring (bicyclic) bond motifs is 1. The largest absolute Gasteiger partial charge is 0.454 e. The van der Waals surface area contributed by atoms with Gasteiger partial charge in [0.2, 0.25) is 6.79 Å². The van der Waals surface area contributed by atoms with Gasteiger partial charge in [-0.05, 0) is 13.0 Å². The van der Waals surface area contributed by atoms with Crippen LogP contribution in [0.4, 0.5) is 0 Å². The lowest BCUT2D eigenvalue weighted by Gasteiger charge is -2.05.